The van der Waals surface area contributed by atoms with Crippen LogP contribution < -0.4 is 0 Å². The number of carbonyl (C=O) groups excluding carboxylic acids is 2. The van der Waals surface area contributed by atoms with E-state index in [4.69, 9.17) is 11.6 Å². The second-order valence-corrected chi connectivity index (χ2v) is 6.58. The van der Waals surface area contributed by atoms with Crippen molar-refractivity contribution >= 4 is 40.6 Å². The minimum absolute atomic E-state index is 0.0566. The summed E-state index contributed by atoms with van der Waals surface area (Å²) in [6.07, 6.45) is 2.75. The minimum atomic E-state index is -0.430. The van der Waals surface area contributed by atoms with Crippen LogP contribution in [0.1, 0.15) is 31.6 Å². The Bertz CT molecular complexity index is 511. The third-order valence-electron chi connectivity index (χ3n) is 3.02. The fraction of sp³-hybridized carbons (Fsp3) is 0.385. The summed E-state index contributed by atoms with van der Waals surface area (Å²) in [5.41, 5.74) is -0.111. The normalized spacial score (nSPS) is 22.2. The Hall–Kier alpha value is -0.930. The number of Topliss-reactive ketones (excluding diaryl/α,β-unsaturated/α-hetero) is 2. The maximum atomic E-state index is 12.2. The van der Waals surface area contributed by atoms with Crippen LogP contribution in [0.3, 0.4) is 0 Å². The van der Waals surface area contributed by atoms with Crippen LogP contribution in [0.4, 0.5) is 0 Å². The van der Waals surface area contributed by atoms with E-state index in [2.05, 4.69) is 0 Å². The third kappa shape index (κ3) is 2.50. The van der Waals surface area contributed by atoms with E-state index in [0.717, 1.165) is 4.88 Å². The zero-order chi connectivity index (χ0) is 12.6. The van der Waals surface area contributed by atoms with Crippen molar-refractivity contribution in [3.05, 3.63) is 26.9 Å². The zero-order valence-corrected chi connectivity index (χ0v) is 11.3. The molecule has 1 saturated carbocycles. The first kappa shape index (κ1) is 12.5. The lowest BCUT2D eigenvalue weighted by Crippen LogP contribution is -2.34. The van der Waals surface area contributed by atoms with Gasteiger partial charge in [0.2, 0.25) is 0 Å². The van der Waals surface area contributed by atoms with E-state index in [-0.39, 0.29) is 11.6 Å². The van der Waals surface area contributed by atoms with Crippen molar-refractivity contribution in [2.75, 3.05) is 0 Å². The number of ketones is 2. The molecule has 0 N–H and O–H groups in total. The molecule has 0 saturated heterocycles. The number of carbonyl (C=O) groups is 2. The molecular formula is C13H13ClO2S. The molecule has 0 atom stereocenters. The highest BCUT2D eigenvalue weighted by Gasteiger charge is 2.37. The fourth-order valence-electron chi connectivity index (χ4n) is 1.86. The number of allylic oxidation sites excluding steroid dienone is 1. The van der Waals surface area contributed by atoms with E-state index in [1.54, 1.807) is 12.1 Å². The lowest BCUT2D eigenvalue weighted by molar-refractivity contribution is -0.130. The standard InChI is InChI=1S/C13H13ClO2S/c1-13(2)6-5-10(15)9(12(13)16)7-8-3-4-11(14)17-8/h3-4,7H,5-6H2,1-2H3. The SMILES string of the molecule is CC1(C)CCC(=O)C(=Cc2ccc(Cl)s2)C1=O. The number of hydrogen-bond acceptors (Lipinski definition) is 3. The Morgan fingerprint density at radius 3 is 2.65 bits per heavy atom. The second-order valence-electron chi connectivity index (χ2n) is 4.84. The average molecular weight is 269 g/mol. The quantitative estimate of drug-likeness (QED) is 0.574. The van der Waals surface area contributed by atoms with Gasteiger partial charge in [0, 0.05) is 16.7 Å². The van der Waals surface area contributed by atoms with Gasteiger partial charge in [-0.05, 0) is 24.6 Å². The third-order valence-corrected chi connectivity index (χ3v) is 4.20. The molecule has 90 valence electrons. The molecule has 17 heavy (non-hydrogen) atoms. The van der Waals surface area contributed by atoms with Gasteiger partial charge in [0.05, 0.1) is 9.91 Å². The van der Waals surface area contributed by atoms with Crippen molar-refractivity contribution < 1.29 is 9.59 Å². The molecule has 0 radical (unpaired) electrons. The van der Waals surface area contributed by atoms with E-state index < -0.39 is 5.41 Å². The molecule has 1 heterocycles. The van der Waals surface area contributed by atoms with E-state index in [1.165, 1.54) is 11.3 Å². The first-order valence-electron chi connectivity index (χ1n) is 5.45. The Morgan fingerprint density at radius 2 is 2.06 bits per heavy atom. The molecule has 0 amide bonds. The summed E-state index contributed by atoms with van der Waals surface area (Å²) < 4.78 is 0.659. The summed E-state index contributed by atoms with van der Waals surface area (Å²) in [4.78, 5) is 24.8. The van der Waals surface area contributed by atoms with Gasteiger partial charge in [-0.2, -0.15) is 0 Å². The largest absolute Gasteiger partial charge is 0.294 e. The second kappa shape index (κ2) is 4.39. The highest BCUT2D eigenvalue weighted by atomic mass is 35.5. The first-order valence-corrected chi connectivity index (χ1v) is 6.65. The molecule has 1 aromatic heterocycles. The molecule has 2 rings (SSSR count). The van der Waals surface area contributed by atoms with Gasteiger partial charge in [0.1, 0.15) is 0 Å². The van der Waals surface area contributed by atoms with Gasteiger partial charge < -0.3 is 0 Å². The summed E-state index contributed by atoms with van der Waals surface area (Å²) in [5, 5.41) is 0. The van der Waals surface area contributed by atoms with Crippen LogP contribution in [0, 0.1) is 5.41 Å². The number of thiophene rings is 1. The lowest BCUT2D eigenvalue weighted by Gasteiger charge is -2.28. The predicted octanol–water partition coefficient (Wildman–Crippen LogP) is 3.74. The molecule has 1 aromatic rings. The van der Waals surface area contributed by atoms with Gasteiger partial charge in [0.15, 0.2) is 11.6 Å². The van der Waals surface area contributed by atoms with Gasteiger partial charge in [-0.15, -0.1) is 11.3 Å². The molecule has 1 aliphatic rings. The fourth-order valence-corrected chi connectivity index (χ4v) is 2.86. The van der Waals surface area contributed by atoms with Crippen LogP contribution in [-0.2, 0) is 9.59 Å². The van der Waals surface area contributed by atoms with Crippen LogP contribution >= 0.6 is 22.9 Å². The molecule has 0 unspecified atom stereocenters. The summed E-state index contributed by atoms with van der Waals surface area (Å²) in [7, 11) is 0. The van der Waals surface area contributed by atoms with Gasteiger partial charge in [-0.25, -0.2) is 0 Å². The molecule has 0 spiro atoms. The molecule has 4 heteroatoms. The highest BCUT2D eigenvalue weighted by Crippen LogP contribution is 2.35. The van der Waals surface area contributed by atoms with Gasteiger partial charge in [-0.3, -0.25) is 9.59 Å². The highest BCUT2D eigenvalue weighted by molar-refractivity contribution is 7.17. The van der Waals surface area contributed by atoms with E-state index >= 15 is 0 Å². The van der Waals surface area contributed by atoms with Crippen LogP contribution in [-0.4, -0.2) is 11.6 Å². The molecule has 1 fully saturated rings. The first-order chi connectivity index (χ1) is 7.90. The molecule has 1 aliphatic carbocycles. The molecular weight excluding hydrogens is 256 g/mol. The molecule has 2 nitrogen and oxygen atoms in total. The van der Waals surface area contributed by atoms with Crippen molar-refractivity contribution in [1.82, 2.24) is 0 Å². The Morgan fingerprint density at radius 1 is 1.35 bits per heavy atom. The van der Waals surface area contributed by atoms with Crippen LogP contribution in [0.2, 0.25) is 4.34 Å². The number of halogens is 1. The van der Waals surface area contributed by atoms with E-state index in [1.807, 2.05) is 19.9 Å². The Kier molecular flexibility index (Phi) is 3.23. The van der Waals surface area contributed by atoms with Crippen LogP contribution in [0.15, 0.2) is 17.7 Å². The Labute approximate surface area is 109 Å². The van der Waals surface area contributed by atoms with Crippen molar-refractivity contribution in [1.29, 1.82) is 0 Å². The van der Waals surface area contributed by atoms with Crippen LogP contribution in [0.25, 0.3) is 6.08 Å². The van der Waals surface area contributed by atoms with Crippen molar-refractivity contribution in [3.63, 3.8) is 0 Å². The summed E-state index contributed by atoms with van der Waals surface area (Å²) in [6.45, 7) is 3.77. The lowest BCUT2D eigenvalue weighted by atomic mass is 9.73. The molecule has 0 aliphatic heterocycles. The van der Waals surface area contributed by atoms with Gasteiger partial charge >= 0.3 is 0 Å². The van der Waals surface area contributed by atoms with E-state index in [9.17, 15) is 9.59 Å². The summed E-state index contributed by atoms with van der Waals surface area (Å²) >= 11 is 7.20. The molecule has 0 aromatic carbocycles. The average Bonchev–Trinajstić information content (AvgIpc) is 2.66. The van der Waals surface area contributed by atoms with Crippen molar-refractivity contribution in [2.24, 2.45) is 5.41 Å². The smallest absolute Gasteiger partial charge is 0.172 e. The van der Waals surface area contributed by atoms with Crippen molar-refractivity contribution in [2.45, 2.75) is 26.7 Å². The van der Waals surface area contributed by atoms with Crippen molar-refractivity contribution in [3.8, 4) is 0 Å². The zero-order valence-electron chi connectivity index (χ0n) is 9.75. The van der Waals surface area contributed by atoms with Gasteiger partial charge in [-0.1, -0.05) is 25.4 Å². The summed E-state index contributed by atoms with van der Waals surface area (Å²) in [5.74, 6) is -0.114. The number of hydrogen-bond donors (Lipinski definition) is 0. The Balaban J connectivity index is 2.38. The predicted molar refractivity (Wildman–Crippen MR) is 70.3 cm³/mol. The maximum absolute atomic E-state index is 12.2. The topological polar surface area (TPSA) is 34.1 Å². The number of rotatable bonds is 1. The van der Waals surface area contributed by atoms with E-state index in [0.29, 0.717) is 22.8 Å². The van der Waals surface area contributed by atoms with Crippen LogP contribution in [0.5, 0.6) is 0 Å². The van der Waals surface area contributed by atoms with Gasteiger partial charge in [0.25, 0.3) is 0 Å². The molecule has 0 bridgehead atoms. The monoisotopic (exact) mass is 268 g/mol. The minimum Gasteiger partial charge on any atom is -0.294 e. The summed E-state index contributed by atoms with van der Waals surface area (Å²) in [6, 6.07) is 3.59. The maximum Gasteiger partial charge on any atom is 0.172 e.